The van der Waals surface area contributed by atoms with Crippen LogP contribution in [0, 0.1) is 11.8 Å². The summed E-state index contributed by atoms with van der Waals surface area (Å²) in [4.78, 5) is 35.8. The Hall–Kier alpha value is -2.08. The molecule has 6 nitrogen and oxygen atoms in total. The topological polar surface area (TPSA) is 87.3 Å². The average Bonchev–Trinajstić information content (AvgIpc) is 3.25. The Labute approximate surface area is 152 Å². The van der Waals surface area contributed by atoms with Crippen molar-refractivity contribution in [1.29, 1.82) is 0 Å². The average molecular weight is 366 g/mol. The van der Waals surface area contributed by atoms with Crippen LogP contribution in [0.15, 0.2) is 18.2 Å². The van der Waals surface area contributed by atoms with E-state index in [9.17, 15) is 14.4 Å². The van der Waals surface area contributed by atoms with Crippen LogP contribution in [0.1, 0.15) is 44.0 Å². The maximum atomic E-state index is 12.0. The molecule has 1 aliphatic carbocycles. The van der Waals surface area contributed by atoms with Crippen molar-refractivity contribution in [1.82, 2.24) is 10.6 Å². The van der Waals surface area contributed by atoms with Gasteiger partial charge >= 0.3 is 0 Å². The first-order chi connectivity index (χ1) is 11.8. The van der Waals surface area contributed by atoms with Crippen molar-refractivity contribution in [3.05, 3.63) is 28.8 Å². The third kappa shape index (κ3) is 5.74. The van der Waals surface area contributed by atoms with Crippen LogP contribution >= 0.6 is 11.6 Å². The Kier molecular flexibility index (Phi) is 6.42. The zero-order chi connectivity index (χ0) is 18.6. The molecule has 7 heteroatoms. The minimum absolute atomic E-state index is 0.00527. The molecule has 0 aromatic heterocycles. The molecule has 0 heterocycles. The zero-order valence-corrected chi connectivity index (χ0v) is 15.4. The molecule has 25 heavy (non-hydrogen) atoms. The van der Waals surface area contributed by atoms with E-state index < -0.39 is 0 Å². The third-order valence-electron chi connectivity index (χ3n) is 4.02. The molecule has 136 valence electrons. The third-order valence-corrected chi connectivity index (χ3v) is 4.35. The number of nitrogens with one attached hydrogen (secondary N) is 3. The summed E-state index contributed by atoms with van der Waals surface area (Å²) in [6, 6.07) is 4.73. The SMILES string of the molecule is CC(C)NC(=O)c1ccc(Cl)c(NC(=O)CCNC(=O)[C@@H]2C[C@@H]2C)c1. The summed E-state index contributed by atoms with van der Waals surface area (Å²) in [5.74, 6) is 0.0344. The number of halogens is 1. The quantitative estimate of drug-likeness (QED) is 0.694. The van der Waals surface area contributed by atoms with E-state index in [1.165, 1.54) is 0 Å². The molecule has 1 fully saturated rings. The zero-order valence-electron chi connectivity index (χ0n) is 14.7. The van der Waals surface area contributed by atoms with Crippen molar-refractivity contribution in [3.8, 4) is 0 Å². The molecular weight excluding hydrogens is 342 g/mol. The molecule has 2 atom stereocenters. The van der Waals surface area contributed by atoms with E-state index in [0.29, 0.717) is 22.2 Å². The van der Waals surface area contributed by atoms with Gasteiger partial charge in [0.1, 0.15) is 0 Å². The van der Waals surface area contributed by atoms with Gasteiger partial charge in [-0.1, -0.05) is 18.5 Å². The lowest BCUT2D eigenvalue weighted by Gasteiger charge is -2.12. The Morgan fingerprint density at radius 3 is 2.56 bits per heavy atom. The lowest BCUT2D eigenvalue weighted by molar-refractivity contribution is -0.122. The van der Waals surface area contributed by atoms with Crippen molar-refractivity contribution in [3.63, 3.8) is 0 Å². The minimum Gasteiger partial charge on any atom is -0.355 e. The number of benzene rings is 1. The van der Waals surface area contributed by atoms with Gasteiger partial charge in [0.05, 0.1) is 10.7 Å². The first-order valence-electron chi connectivity index (χ1n) is 8.46. The summed E-state index contributed by atoms with van der Waals surface area (Å²) in [6.45, 7) is 6.04. The first-order valence-corrected chi connectivity index (χ1v) is 8.83. The van der Waals surface area contributed by atoms with Crippen LogP contribution in [0.25, 0.3) is 0 Å². The van der Waals surface area contributed by atoms with Gasteiger partial charge < -0.3 is 16.0 Å². The van der Waals surface area contributed by atoms with Gasteiger partial charge in [-0.25, -0.2) is 0 Å². The second kappa shape index (κ2) is 8.34. The summed E-state index contributed by atoms with van der Waals surface area (Å²) in [5.41, 5.74) is 0.801. The van der Waals surface area contributed by atoms with Crippen molar-refractivity contribution in [2.75, 3.05) is 11.9 Å². The minimum atomic E-state index is -0.271. The molecule has 3 N–H and O–H groups in total. The van der Waals surface area contributed by atoms with E-state index in [2.05, 4.69) is 16.0 Å². The number of rotatable bonds is 7. The number of hydrogen-bond donors (Lipinski definition) is 3. The fraction of sp³-hybridized carbons (Fsp3) is 0.500. The van der Waals surface area contributed by atoms with Crippen LogP contribution in [-0.4, -0.2) is 30.3 Å². The van der Waals surface area contributed by atoms with E-state index in [4.69, 9.17) is 11.6 Å². The predicted molar refractivity (Wildman–Crippen MR) is 97.6 cm³/mol. The molecule has 0 radical (unpaired) electrons. The summed E-state index contributed by atoms with van der Waals surface area (Å²) < 4.78 is 0. The van der Waals surface area contributed by atoms with Gasteiger partial charge in [-0.05, 0) is 44.4 Å². The smallest absolute Gasteiger partial charge is 0.251 e. The van der Waals surface area contributed by atoms with Gasteiger partial charge in [-0.15, -0.1) is 0 Å². The second-order valence-electron chi connectivity index (χ2n) is 6.73. The molecule has 1 aromatic carbocycles. The molecule has 1 aromatic rings. The number of carbonyl (C=O) groups excluding carboxylic acids is 3. The van der Waals surface area contributed by atoms with Gasteiger partial charge in [0, 0.05) is 30.5 Å². The highest BCUT2D eigenvalue weighted by Gasteiger charge is 2.38. The Morgan fingerprint density at radius 1 is 1.28 bits per heavy atom. The molecule has 0 bridgehead atoms. The number of carbonyl (C=O) groups is 3. The molecule has 0 saturated heterocycles. The summed E-state index contributed by atoms with van der Waals surface area (Å²) in [6.07, 6.45) is 1.06. The highest BCUT2D eigenvalue weighted by molar-refractivity contribution is 6.33. The van der Waals surface area contributed by atoms with Crippen molar-refractivity contribution in [2.24, 2.45) is 11.8 Å². The maximum absolute atomic E-state index is 12.0. The van der Waals surface area contributed by atoms with Crippen LogP contribution in [0.5, 0.6) is 0 Å². The van der Waals surface area contributed by atoms with E-state index in [0.717, 1.165) is 6.42 Å². The molecule has 3 amide bonds. The van der Waals surface area contributed by atoms with Crippen LogP contribution in [-0.2, 0) is 9.59 Å². The first kappa shape index (κ1) is 19.2. The summed E-state index contributed by atoms with van der Waals surface area (Å²) in [7, 11) is 0. The number of amides is 3. The standard InChI is InChI=1S/C18H24ClN3O3/c1-10(2)21-17(24)12-4-5-14(19)15(9-12)22-16(23)6-7-20-18(25)13-8-11(13)3/h4-5,9-11,13H,6-8H2,1-3H3,(H,20,25)(H,21,24)(H,22,23)/t11-,13+/m0/s1. The normalized spacial score (nSPS) is 18.6. The van der Waals surface area contributed by atoms with Crippen LogP contribution in [0.3, 0.4) is 0 Å². The van der Waals surface area contributed by atoms with Crippen LogP contribution < -0.4 is 16.0 Å². The van der Waals surface area contributed by atoms with Crippen molar-refractivity contribution < 1.29 is 14.4 Å². The maximum Gasteiger partial charge on any atom is 0.251 e. The Balaban J connectivity index is 1.86. The Morgan fingerprint density at radius 2 is 1.96 bits per heavy atom. The monoisotopic (exact) mass is 365 g/mol. The summed E-state index contributed by atoms with van der Waals surface area (Å²) >= 11 is 6.08. The van der Waals surface area contributed by atoms with E-state index in [-0.39, 0.29) is 42.6 Å². The predicted octanol–water partition coefficient (Wildman–Crippen LogP) is 2.58. The number of anilines is 1. The molecule has 0 spiro atoms. The van der Waals surface area contributed by atoms with Crippen molar-refractivity contribution >= 4 is 35.0 Å². The fourth-order valence-electron chi connectivity index (χ4n) is 2.44. The van der Waals surface area contributed by atoms with Gasteiger partial charge in [0.25, 0.3) is 5.91 Å². The van der Waals surface area contributed by atoms with Gasteiger partial charge in [-0.2, -0.15) is 0 Å². The van der Waals surface area contributed by atoms with E-state index >= 15 is 0 Å². The molecule has 2 rings (SSSR count). The van der Waals surface area contributed by atoms with Gasteiger partial charge in [0.2, 0.25) is 11.8 Å². The lowest BCUT2D eigenvalue weighted by Crippen LogP contribution is -2.30. The molecule has 0 unspecified atom stereocenters. The molecule has 1 saturated carbocycles. The molecular formula is C18H24ClN3O3. The van der Waals surface area contributed by atoms with Crippen molar-refractivity contribution in [2.45, 2.75) is 39.7 Å². The highest BCUT2D eigenvalue weighted by atomic mass is 35.5. The Bertz CT molecular complexity index is 676. The lowest BCUT2D eigenvalue weighted by atomic mass is 10.1. The summed E-state index contributed by atoms with van der Waals surface area (Å²) in [5, 5.41) is 8.58. The van der Waals surface area contributed by atoms with E-state index in [1.807, 2.05) is 20.8 Å². The van der Waals surface area contributed by atoms with Gasteiger partial charge in [0.15, 0.2) is 0 Å². The van der Waals surface area contributed by atoms with Gasteiger partial charge in [-0.3, -0.25) is 14.4 Å². The fourth-order valence-corrected chi connectivity index (χ4v) is 2.60. The largest absolute Gasteiger partial charge is 0.355 e. The molecule has 0 aliphatic heterocycles. The number of hydrogen-bond acceptors (Lipinski definition) is 3. The highest BCUT2D eigenvalue weighted by Crippen LogP contribution is 2.37. The van der Waals surface area contributed by atoms with Crippen LogP contribution in [0.2, 0.25) is 5.02 Å². The van der Waals surface area contributed by atoms with E-state index in [1.54, 1.807) is 18.2 Å². The second-order valence-corrected chi connectivity index (χ2v) is 7.14. The molecule has 1 aliphatic rings. The van der Waals surface area contributed by atoms with Crippen LogP contribution in [0.4, 0.5) is 5.69 Å².